The van der Waals surface area contributed by atoms with Crippen LogP contribution >= 0.6 is 15.9 Å². The van der Waals surface area contributed by atoms with Gasteiger partial charge in [-0.15, -0.1) is 0 Å². The van der Waals surface area contributed by atoms with Crippen LogP contribution in [0.5, 0.6) is 0 Å². The van der Waals surface area contributed by atoms with Gasteiger partial charge in [0.15, 0.2) is 0 Å². The molecule has 2 rings (SSSR count). The van der Waals surface area contributed by atoms with Crippen molar-refractivity contribution in [2.45, 2.75) is 0 Å². The van der Waals surface area contributed by atoms with E-state index in [9.17, 15) is 9.18 Å². The Kier molecular flexibility index (Phi) is 4.75. The Morgan fingerprint density at radius 3 is 2.90 bits per heavy atom. The highest BCUT2D eigenvalue weighted by atomic mass is 79.9. The van der Waals surface area contributed by atoms with Gasteiger partial charge in [0.05, 0.1) is 10.2 Å². The molecule has 1 aromatic carbocycles. The standard InChI is InChI=1S/C13H13BrFN3O2/c14-10-5-8(1-2-11(10)15)18-13(19)9-6-20-7-12(9)17-4-3-16/h1-2,5-7,17H,3-4,16H2,(H,18,19). The lowest BCUT2D eigenvalue weighted by Gasteiger charge is -2.07. The quantitative estimate of drug-likeness (QED) is 0.781. The second kappa shape index (κ2) is 6.53. The topological polar surface area (TPSA) is 80.3 Å². The molecule has 0 unspecified atom stereocenters. The van der Waals surface area contributed by atoms with Crippen LogP contribution < -0.4 is 16.4 Å². The summed E-state index contributed by atoms with van der Waals surface area (Å²) in [7, 11) is 0. The summed E-state index contributed by atoms with van der Waals surface area (Å²) in [4.78, 5) is 12.1. The van der Waals surface area contributed by atoms with Crippen molar-refractivity contribution in [2.75, 3.05) is 23.7 Å². The summed E-state index contributed by atoms with van der Waals surface area (Å²) in [6.45, 7) is 0.971. The molecule has 4 N–H and O–H groups in total. The third kappa shape index (κ3) is 3.37. The Morgan fingerprint density at radius 1 is 1.40 bits per heavy atom. The SMILES string of the molecule is NCCNc1cocc1C(=O)Nc1ccc(F)c(Br)c1. The first-order chi connectivity index (χ1) is 9.61. The lowest BCUT2D eigenvalue weighted by molar-refractivity contribution is 0.102. The zero-order chi connectivity index (χ0) is 14.5. The van der Waals surface area contributed by atoms with Crippen molar-refractivity contribution in [3.8, 4) is 0 Å². The predicted octanol–water partition coefficient (Wildman–Crippen LogP) is 2.80. The fraction of sp³-hybridized carbons (Fsp3) is 0.154. The van der Waals surface area contributed by atoms with Gasteiger partial charge in [0, 0.05) is 18.8 Å². The van der Waals surface area contributed by atoms with Crippen molar-refractivity contribution >= 4 is 33.2 Å². The van der Waals surface area contributed by atoms with Crippen molar-refractivity contribution < 1.29 is 13.6 Å². The fourth-order valence-corrected chi connectivity index (χ4v) is 1.97. The summed E-state index contributed by atoms with van der Waals surface area (Å²) in [6, 6.07) is 4.23. The average Bonchev–Trinajstić information content (AvgIpc) is 2.89. The number of carbonyl (C=O) groups is 1. The summed E-state index contributed by atoms with van der Waals surface area (Å²) in [5.74, 6) is -0.742. The van der Waals surface area contributed by atoms with E-state index >= 15 is 0 Å². The number of carbonyl (C=O) groups excluding carboxylic acids is 1. The highest BCUT2D eigenvalue weighted by molar-refractivity contribution is 9.10. The second-order valence-corrected chi connectivity index (χ2v) is 4.85. The van der Waals surface area contributed by atoms with Crippen LogP contribution in [0.25, 0.3) is 0 Å². The van der Waals surface area contributed by atoms with E-state index in [0.717, 1.165) is 0 Å². The van der Waals surface area contributed by atoms with Gasteiger partial charge in [0.2, 0.25) is 0 Å². The molecule has 0 aliphatic heterocycles. The predicted molar refractivity (Wildman–Crippen MR) is 78.3 cm³/mol. The maximum Gasteiger partial charge on any atom is 0.261 e. The van der Waals surface area contributed by atoms with E-state index in [4.69, 9.17) is 10.2 Å². The number of nitrogens with one attached hydrogen (secondary N) is 2. The number of anilines is 2. The summed E-state index contributed by atoms with van der Waals surface area (Å²) in [5, 5.41) is 5.64. The van der Waals surface area contributed by atoms with Gasteiger partial charge >= 0.3 is 0 Å². The normalized spacial score (nSPS) is 10.3. The molecule has 7 heteroatoms. The maximum atomic E-state index is 13.1. The summed E-state index contributed by atoms with van der Waals surface area (Å²) < 4.78 is 18.4. The summed E-state index contributed by atoms with van der Waals surface area (Å²) >= 11 is 3.06. The number of amides is 1. The van der Waals surface area contributed by atoms with Gasteiger partial charge in [-0.3, -0.25) is 4.79 Å². The van der Waals surface area contributed by atoms with Gasteiger partial charge in [-0.05, 0) is 34.1 Å². The smallest absolute Gasteiger partial charge is 0.261 e. The molecule has 1 amide bonds. The molecule has 0 aliphatic carbocycles. The molecule has 106 valence electrons. The molecule has 0 bridgehead atoms. The Hall–Kier alpha value is -1.86. The van der Waals surface area contributed by atoms with E-state index in [2.05, 4.69) is 26.6 Å². The zero-order valence-electron chi connectivity index (χ0n) is 10.5. The Morgan fingerprint density at radius 2 is 2.20 bits per heavy atom. The molecule has 0 saturated carbocycles. The lowest BCUT2D eigenvalue weighted by Crippen LogP contribution is -2.17. The van der Waals surface area contributed by atoms with Gasteiger partial charge in [-0.1, -0.05) is 0 Å². The molecule has 0 aliphatic rings. The van der Waals surface area contributed by atoms with Gasteiger partial charge in [0.1, 0.15) is 23.9 Å². The Bertz CT molecular complexity index is 615. The van der Waals surface area contributed by atoms with Crippen molar-refractivity contribution in [1.82, 2.24) is 0 Å². The van der Waals surface area contributed by atoms with Crippen LogP contribution in [0.1, 0.15) is 10.4 Å². The molecule has 2 aromatic rings. The molecule has 20 heavy (non-hydrogen) atoms. The molecular formula is C13H13BrFN3O2. The third-order valence-electron chi connectivity index (χ3n) is 2.54. The van der Waals surface area contributed by atoms with E-state index < -0.39 is 5.82 Å². The minimum absolute atomic E-state index is 0.281. The number of nitrogens with two attached hydrogens (primary N) is 1. The van der Waals surface area contributed by atoms with Gasteiger partial charge in [-0.25, -0.2) is 4.39 Å². The zero-order valence-corrected chi connectivity index (χ0v) is 12.0. The molecule has 0 saturated heterocycles. The van der Waals surface area contributed by atoms with Crippen molar-refractivity contribution in [3.63, 3.8) is 0 Å². The van der Waals surface area contributed by atoms with Crippen LogP contribution in [-0.4, -0.2) is 19.0 Å². The second-order valence-electron chi connectivity index (χ2n) is 4.00. The van der Waals surface area contributed by atoms with Crippen LogP contribution in [0.3, 0.4) is 0 Å². The Labute approximate surface area is 123 Å². The number of hydrogen-bond acceptors (Lipinski definition) is 4. The van der Waals surface area contributed by atoms with Gasteiger partial charge in [-0.2, -0.15) is 0 Å². The van der Waals surface area contributed by atoms with Gasteiger partial charge < -0.3 is 20.8 Å². The van der Waals surface area contributed by atoms with Crippen molar-refractivity contribution in [2.24, 2.45) is 5.73 Å². The fourth-order valence-electron chi connectivity index (χ4n) is 1.59. The van der Waals surface area contributed by atoms with E-state index in [1.807, 2.05) is 0 Å². The Balaban J connectivity index is 2.11. The molecule has 0 atom stereocenters. The molecule has 0 radical (unpaired) electrons. The average molecular weight is 342 g/mol. The highest BCUT2D eigenvalue weighted by Crippen LogP contribution is 2.22. The highest BCUT2D eigenvalue weighted by Gasteiger charge is 2.14. The number of rotatable bonds is 5. The number of benzene rings is 1. The molecular weight excluding hydrogens is 329 g/mol. The van der Waals surface area contributed by atoms with Crippen molar-refractivity contribution in [3.05, 3.63) is 46.6 Å². The van der Waals surface area contributed by atoms with Crippen LogP contribution in [0.15, 0.2) is 39.6 Å². The summed E-state index contributed by atoms with van der Waals surface area (Å²) in [5.41, 5.74) is 6.80. The molecule has 1 aromatic heterocycles. The van der Waals surface area contributed by atoms with Crippen molar-refractivity contribution in [1.29, 1.82) is 0 Å². The first kappa shape index (κ1) is 14.5. The molecule has 0 spiro atoms. The number of furan rings is 1. The molecule has 1 heterocycles. The van der Waals surface area contributed by atoms with E-state index in [1.165, 1.54) is 30.7 Å². The first-order valence-corrected chi connectivity index (χ1v) is 6.67. The molecule has 0 fully saturated rings. The third-order valence-corrected chi connectivity index (χ3v) is 3.15. The van der Waals surface area contributed by atoms with E-state index in [1.54, 1.807) is 0 Å². The summed E-state index contributed by atoms with van der Waals surface area (Å²) in [6.07, 6.45) is 2.78. The van der Waals surface area contributed by atoms with Crippen LogP contribution in [0.4, 0.5) is 15.8 Å². The minimum Gasteiger partial charge on any atom is -0.470 e. The largest absolute Gasteiger partial charge is 0.470 e. The minimum atomic E-state index is -0.392. The first-order valence-electron chi connectivity index (χ1n) is 5.88. The van der Waals surface area contributed by atoms with E-state index in [0.29, 0.717) is 30.0 Å². The monoisotopic (exact) mass is 341 g/mol. The maximum absolute atomic E-state index is 13.1. The van der Waals surface area contributed by atoms with Crippen LogP contribution in [0, 0.1) is 5.82 Å². The molecule has 5 nitrogen and oxygen atoms in total. The van der Waals surface area contributed by atoms with E-state index in [-0.39, 0.29) is 10.4 Å². The number of hydrogen-bond donors (Lipinski definition) is 3. The van der Waals surface area contributed by atoms with Gasteiger partial charge in [0.25, 0.3) is 5.91 Å². The lowest BCUT2D eigenvalue weighted by atomic mass is 10.2. The van der Waals surface area contributed by atoms with Crippen LogP contribution in [0.2, 0.25) is 0 Å². The van der Waals surface area contributed by atoms with Crippen LogP contribution in [-0.2, 0) is 0 Å². The number of halogens is 2.